The van der Waals surface area contributed by atoms with Gasteiger partial charge >= 0.3 is 0 Å². The predicted octanol–water partition coefficient (Wildman–Crippen LogP) is 2.55. The second-order valence-electron chi connectivity index (χ2n) is 2.00. The first-order valence-electron chi connectivity index (χ1n) is 3.07. The second-order valence-corrected chi connectivity index (χ2v) is 4.00. The highest BCUT2D eigenvalue weighted by molar-refractivity contribution is 8.02. The first kappa shape index (κ1) is 6.31. The van der Waals surface area contributed by atoms with Gasteiger partial charge in [0.05, 0.1) is 0 Å². The number of thioether (sulfide) groups is 1. The minimum absolute atomic E-state index is 0.472. The van der Waals surface area contributed by atoms with Gasteiger partial charge in [-0.25, -0.2) is 0 Å². The number of nitrogens with one attached hydrogen (secondary N) is 1. The van der Waals surface area contributed by atoms with E-state index in [1.54, 1.807) is 11.3 Å². The smallest absolute Gasteiger partial charge is 0.111 e. The Morgan fingerprint density at radius 1 is 1.50 bits per heavy atom. The van der Waals surface area contributed by atoms with E-state index in [-0.39, 0.29) is 0 Å². The van der Waals surface area contributed by atoms with E-state index in [2.05, 4.69) is 28.2 Å². The van der Waals surface area contributed by atoms with Crippen LogP contribution in [0.4, 0.5) is 0 Å². The molecule has 0 aliphatic carbocycles. The SMILES string of the molecule is C1=CSC(c2cccs2)N1. The van der Waals surface area contributed by atoms with Gasteiger partial charge in [-0.1, -0.05) is 6.07 Å². The number of rotatable bonds is 1. The quantitative estimate of drug-likeness (QED) is 0.693. The van der Waals surface area contributed by atoms with Crippen LogP contribution in [0.25, 0.3) is 0 Å². The third-order valence-electron chi connectivity index (χ3n) is 1.33. The van der Waals surface area contributed by atoms with E-state index in [9.17, 15) is 0 Å². The fourth-order valence-corrected chi connectivity index (χ4v) is 2.55. The molecule has 1 aliphatic heterocycles. The van der Waals surface area contributed by atoms with Crippen LogP contribution in [0.1, 0.15) is 10.3 Å². The van der Waals surface area contributed by atoms with Crippen molar-refractivity contribution in [3.63, 3.8) is 0 Å². The molecular weight excluding hydrogens is 162 g/mol. The Labute approximate surface area is 68.1 Å². The Hall–Kier alpha value is -0.410. The van der Waals surface area contributed by atoms with Crippen molar-refractivity contribution < 1.29 is 0 Å². The van der Waals surface area contributed by atoms with Crippen molar-refractivity contribution in [3.8, 4) is 0 Å². The minimum Gasteiger partial charge on any atom is -0.374 e. The van der Waals surface area contributed by atoms with E-state index in [0.717, 1.165) is 0 Å². The Balaban J connectivity index is 2.14. The van der Waals surface area contributed by atoms with Gasteiger partial charge in [0.25, 0.3) is 0 Å². The third kappa shape index (κ3) is 1.07. The molecule has 1 aromatic rings. The Kier molecular flexibility index (Phi) is 1.69. The number of hydrogen-bond acceptors (Lipinski definition) is 3. The molecule has 0 saturated heterocycles. The Morgan fingerprint density at radius 3 is 3.10 bits per heavy atom. The fraction of sp³-hybridized carbons (Fsp3) is 0.143. The predicted molar refractivity (Wildman–Crippen MR) is 46.9 cm³/mol. The number of thiophene rings is 1. The summed E-state index contributed by atoms with van der Waals surface area (Å²) in [4.78, 5) is 1.40. The van der Waals surface area contributed by atoms with Crippen LogP contribution in [-0.2, 0) is 0 Å². The zero-order chi connectivity index (χ0) is 6.81. The van der Waals surface area contributed by atoms with E-state index >= 15 is 0 Å². The van der Waals surface area contributed by atoms with Gasteiger partial charge in [0.2, 0.25) is 0 Å². The highest BCUT2D eigenvalue weighted by Gasteiger charge is 2.12. The van der Waals surface area contributed by atoms with Crippen LogP contribution in [0, 0.1) is 0 Å². The molecule has 2 rings (SSSR count). The minimum atomic E-state index is 0.472. The van der Waals surface area contributed by atoms with Crippen molar-refractivity contribution in [1.29, 1.82) is 0 Å². The van der Waals surface area contributed by atoms with E-state index < -0.39 is 0 Å². The summed E-state index contributed by atoms with van der Waals surface area (Å²) in [6.45, 7) is 0. The summed E-state index contributed by atoms with van der Waals surface area (Å²) in [6.07, 6.45) is 2.00. The van der Waals surface area contributed by atoms with Crippen LogP contribution >= 0.6 is 23.1 Å². The lowest BCUT2D eigenvalue weighted by Gasteiger charge is -2.05. The molecule has 1 atom stereocenters. The molecule has 3 heteroatoms. The van der Waals surface area contributed by atoms with Gasteiger partial charge in [-0.05, 0) is 16.9 Å². The Bertz CT molecular complexity index is 220. The summed E-state index contributed by atoms with van der Waals surface area (Å²) in [5, 5.41) is 7.92. The molecule has 10 heavy (non-hydrogen) atoms. The molecule has 1 aliphatic rings. The summed E-state index contributed by atoms with van der Waals surface area (Å²) in [6, 6.07) is 4.24. The average molecular weight is 169 g/mol. The highest BCUT2D eigenvalue weighted by atomic mass is 32.2. The summed E-state index contributed by atoms with van der Waals surface area (Å²) in [5.74, 6) is 0. The molecule has 52 valence electrons. The van der Waals surface area contributed by atoms with Gasteiger partial charge in [0.15, 0.2) is 0 Å². The van der Waals surface area contributed by atoms with Crippen molar-refractivity contribution in [3.05, 3.63) is 34.0 Å². The summed E-state index contributed by atoms with van der Waals surface area (Å²) >= 11 is 3.62. The first-order valence-corrected chi connectivity index (χ1v) is 4.89. The second kappa shape index (κ2) is 2.68. The van der Waals surface area contributed by atoms with Gasteiger partial charge in [0.1, 0.15) is 5.37 Å². The third-order valence-corrected chi connectivity index (χ3v) is 3.37. The maximum absolute atomic E-state index is 3.25. The molecular formula is C7H7NS2. The molecule has 1 N–H and O–H groups in total. The van der Waals surface area contributed by atoms with E-state index in [4.69, 9.17) is 0 Å². The largest absolute Gasteiger partial charge is 0.374 e. The summed E-state index contributed by atoms with van der Waals surface area (Å²) in [5.41, 5.74) is 0. The molecule has 0 aromatic carbocycles. The lowest BCUT2D eigenvalue weighted by Crippen LogP contribution is -2.04. The molecule has 0 spiro atoms. The van der Waals surface area contributed by atoms with Gasteiger partial charge in [-0.3, -0.25) is 0 Å². The van der Waals surface area contributed by atoms with Crippen molar-refractivity contribution in [2.24, 2.45) is 0 Å². The van der Waals surface area contributed by atoms with Crippen LogP contribution in [0.2, 0.25) is 0 Å². The maximum Gasteiger partial charge on any atom is 0.111 e. The Morgan fingerprint density at radius 2 is 2.50 bits per heavy atom. The topological polar surface area (TPSA) is 12.0 Å². The van der Waals surface area contributed by atoms with Gasteiger partial charge < -0.3 is 5.32 Å². The fourth-order valence-electron chi connectivity index (χ4n) is 0.873. The molecule has 1 unspecified atom stereocenters. The molecule has 0 radical (unpaired) electrons. The molecule has 1 aromatic heterocycles. The maximum atomic E-state index is 3.25. The molecule has 1 nitrogen and oxygen atoms in total. The van der Waals surface area contributed by atoms with Crippen LogP contribution in [0.3, 0.4) is 0 Å². The van der Waals surface area contributed by atoms with E-state index in [1.807, 2.05) is 18.0 Å². The molecule has 0 bridgehead atoms. The molecule has 0 fully saturated rings. The van der Waals surface area contributed by atoms with Crippen LogP contribution < -0.4 is 5.32 Å². The van der Waals surface area contributed by atoms with Crippen molar-refractivity contribution >= 4 is 23.1 Å². The zero-order valence-electron chi connectivity index (χ0n) is 5.28. The van der Waals surface area contributed by atoms with Crippen LogP contribution in [0.5, 0.6) is 0 Å². The standard InChI is InChI=1S/C7H7NS2/c1-2-6(9-4-1)7-8-3-5-10-7/h1-5,7-8H. The molecule has 0 amide bonds. The van der Waals surface area contributed by atoms with Crippen LogP contribution in [0.15, 0.2) is 29.1 Å². The number of hydrogen-bond donors (Lipinski definition) is 1. The van der Waals surface area contributed by atoms with Gasteiger partial charge in [-0.15, -0.1) is 23.1 Å². The highest BCUT2D eigenvalue weighted by Crippen LogP contribution is 2.33. The van der Waals surface area contributed by atoms with Crippen LogP contribution in [-0.4, -0.2) is 0 Å². The van der Waals surface area contributed by atoms with Gasteiger partial charge in [-0.2, -0.15) is 0 Å². The monoisotopic (exact) mass is 169 g/mol. The van der Waals surface area contributed by atoms with Gasteiger partial charge in [0, 0.05) is 11.1 Å². The summed E-state index contributed by atoms with van der Waals surface area (Å²) < 4.78 is 0. The average Bonchev–Trinajstić information content (AvgIpc) is 2.59. The van der Waals surface area contributed by atoms with E-state index in [0.29, 0.717) is 5.37 Å². The lowest BCUT2D eigenvalue weighted by atomic mass is 10.5. The first-order chi connectivity index (χ1) is 4.97. The normalized spacial score (nSPS) is 23.0. The van der Waals surface area contributed by atoms with Crippen molar-refractivity contribution in [1.82, 2.24) is 5.32 Å². The van der Waals surface area contributed by atoms with Crippen molar-refractivity contribution in [2.45, 2.75) is 5.37 Å². The van der Waals surface area contributed by atoms with E-state index in [1.165, 1.54) is 4.88 Å². The van der Waals surface area contributed by atoms with Crippen molar-refractivity contribution in [2.75, 3.05) is 0 Å². The summed E-state index contributed by atoms with van der Waals surface area (Å²) in [7, 11) is 0. The lowest BCUT2D eigenvalue weighted by molar-refractivity contribution is 0.879. The molecule has 0 saturated carbocycles. The molecule has 2 heterocycles. The zero-order valence-corrected chi connectivity index (χ0v) is 6.91.